The first-order valence-corrected chi connectivity index (χ1v) is 11.3. The Bertz CT molecular complexity index is 925. The third-order valence-corrected chi connectivity index (χ3v) is 6.25. The van der Waals surface area contributed by atoms with Gasteiger partial charge in [0.05, 0.1) is 5.69 Å². The number of ether oxygens (including phenoxy) is 1. The van der Waals surface area contributed by atoms with E-state index in [1.165, 1.54) is 6.42 Å². The summed E-state index contributed by atoms with van der Waals surface area (Å²) in [7, 11) is 0. The summed E-state index contributed by atoms with van der Waals surface area (Å²) < 4.78 is 11.4. The number of benzene rings is 1. The largest absolute Gasteiger partial charge is 0.490 e. The number of hydrogen-bond donors (Lipinski definition) is 0. The molecule has 2 aliphatic heterocycles. The van der Waals surface area contributed by atoms with Crippen molar-refractivity contribution in [3.63, 3.8) is 0 Å². The zero-order chi connectivity index (χ0) is 21.8. The molecule has 31 heavy (non-hydrogen) atoms. The number of carbonyl (C=O) groups excluding carboxylic acids is 2. The molecule has 7 nitrogen and oxygen atoms in total. The van der Waals surface area contributed by atoms with E-state index in [1.54, 1.807) is 30.0 Å². The minimum Gasteiger partial charge on any atom is -0.490 e. The van der Waals surface area contributed by atoms with Crippen LogP contribution in [0.2, 0.25) is 5.02 Å². The zero-order valence-corrected chi connectivity index (χ0v) is 18.5. The lowest BCUT2D eigenvalue weighted by molar-refractivity contribution is -0.134. The molecule has 2 aromatic rings. The summed E-state index contributed by atoms with van der Waals surface area (Å²) in [6, 6.07) is 8.93. The molecule has 0 bridgehead atoms. The fourth-order valence-electron chi connectivity index (χ4n) is 4.38. The van der Waals surface area contributed by atoms with Crippen molar-refractivity contribution in [1.82, 2.24) is 15.0 Å². The van der Waals surface area contributed by atoms with Gasteiger partial charge in [0.1, 0.15) is 11.9 Å². The smallest absolute Gasteiger partial charge is 0.292 e. The molecule has 1 aromatic heterocycles. The quantitative estimate of drug-likeness (QED) is 0.696. The molecule has 0 unspecified atom stereocenters. The molecule has 0 saturated carbocycles. The van der Waals surface area contributed by atoms with Gasteiger partial charge in [0.2, 0.25) is 11.7 Å². The average Bonchev–Trinajstić information content (AvgIpc) is 3.21. The van der Waals surface area contributed by atoms with E-state index < -0.39 is 0 Å². The minimum absolute atomic E-state index is 0.116. The number of hydrogen-bond acceptors (Lipinski definition) is 5. The Balaban J connectivity index is 1.48. The van der Waals surface area contributed by atoms with Gasteiger partial charge in [-0.1, -0.05) is 22.8 Å². The standard InChI is InChI=1S/C23H28ClN3O4/c1-16-12-21(31-25-16)23(29)27-11-8-20(30-19-7-5-6-18(24)14-19)17(15-27)13-22(28)26-9-3-2-4-10-26/h5-7,12,14,17,20H,2-4,8-11,13,15H2,1H3/t17-,20-/m0/s1. The summed E-state index contributed by atoms with van der Waals surface area (Å²) in [6.07, 6.45) is 4.08. The molecule has 2 amide bonds. The highest BCUT2D eigenvalue weighted by Gasteiger charge is 2.36. The number of halogens is 1. The number of aryl methyl sites for hydroxylation is 1. The fourth-order valence-corrected chi connectivity index (χ4v) is 4.56. The van der Waals surface area contributed by atoms with Crippen molar-refractivity contribution in [2.75, 3.05) is 26.2 Å². The Labute approximate surface area is 187 Å². The molecule has 4 rings (SSSR count). The molecule has 2 saturated heterocycles. The van der Waals surface area contributed by atoms with Crippen LogP contribution < -0.4 is 4.74 Å². The van der Waals surface area contributed by atoms with Crippen molar-refractivity contribution in [3.8, 4) is 5.75 Å². The molecule has 0 N–H and O–H groups in total. The van der Waals surface area contributed by atoms with Crippen LogP contribution in [-0.2, 0) is 4.79 Å². The van der Waals surface area contributed by atoms with Gasteiger partial charge in [0.15, 0.2) is 0 Å². The normalized spacial score (nSPS) is 21.7. The Morgan fingerprint density at radius 3 is 2.68 bits per heavy atom. The van der Waals surface area contributed by atoms with E-state index in [2.05, 4.69) is 5.16 Å². The van der Waals surface area contributed by atoms with Crippen molar-refractivity contribution in [2.45, 2.75) is 45.1 Å². The number of nitrogens with zero attached hydrogens (tertiary/aromatic N) is 3. The highest BCUT2D eigenvalue weighted by molar-refractivity contribution is 6.30. The van der Waals surface area contributed by atoms with Gasteiger partial charge in [0.25, 0.3) is 5.91 Å². The van der Waals surface area contributed by atoms with Crippen molar-refractivity contribution in [1.29, 1.82) is 0 Å². The molecule has 8 heteroatoms. The summed E-state index contributed by atoms with van der Waals surface area (Å²) in [5.41, 5.74) is 0.666. The Hall–Kier alpha value is -2.54. The third-order valence-electron chi connectivity index (χ3n) is 6.02. The van der Waals surface area contributed by atoms with Gasteiger partial charge in [-0.3, -0.25) is 9.59 Å². The van der Waals surface area contributed by atoms with Crippen LogP contribution in [0.4, 0.5) is 0 Å². The Morgan fingerprint density at radius 2 is 1.97 bits per heavy atom. The second kappa shape index (κ2) is 9.73. The van der Waals surface area contributed by atoms with E-state index in [9.17, 15) is 9.59 Å². The number of amides is 2. The van der Waals surface area contributed by atoms with E-state index >= 15 is 0 Å². The maximum Gasteiger partial charge on any atom is 0.292 e. The molecule has 0 spiro atoms. The summed E-state index contributed by atoms with van der Waals surface area (Å²) in [6.45, 7) is 4.36. The van der Waals surface area contributed by atoms with Crippen LogP contribution in [0.1, 0.15) is 48.4 Å². The summed E-state index contributed by atoms with van der Waals surface area (Å²) in [5.74, 6) is 0.730. The van der Waals surface area contributed by atoms with Crippen LogP contribution in [0, 0.1) is 12.8 Å². The maximum absolute atomic E-state index is 13.0. The van der Waals surface area contributed by atoms with E-state index in [-0.39, 0.29) is 29.6 Å². The van der Waals surface area contributed by atoms with E-state index in [0.717, 1.165) is 25.9 Å². The SMILES string of the molecule is Cc1cc(C(=O)N2CC[C@H](Oc3cccc(Cl)c3)[C@@H](CC(=O)N3CCCCC3)C2)on1. The first kappa shape index (κ1) is 21.7. The average molecular weight is 446 g/mol. The second-order valence-electron chi connectivity index (χ2n) is 8.39. The lowest BCUT2D eigenvalue weighted by Crippen LogP contribution is -2.49. The van der Waals surface area contributed by atoms with Gasteiger partial charge in [0, 0.05) is 56.0 Å². The molecule has 1 aromatic carbocycles. The predicted octanol–water partition coefficient (Wildman–Crippen LogP) is 3.95. The number of aromatic nitrogens is 1. The van der Waals surface area contributed by atoms with E-state index in [4.69, 9.17) is 20.9 Å². The van der Waals surface area contributed by atoms with Gasteiger partial charge in [-0.05, 0) is 44.4 Å². The van der Waals surface area contributed by atoms with Gasteiger partial charge in [-0.2, -0.15) is 0 Å². The van der Waals surface area contributed by atoms with Crippen LogP contribution >= 0.6 is 11.6 Å². The summed E-state index contributed by atoms with van der Waals surface area (Å²) in [4.78, 5) is 29.6. The minimum atomic E-state index is -0.197. The lowest BCUT2D eigenvalue weighted by Gasteiger charge is -2.39. The molecule has 166 valence electrons. The van der Waals surface area contributed by atoms with Gasteiger partial charge in [-0.25, -0.2) is 0 Å². The Morgan fingerprint density at radius 1 is 1.16 bits per heavy atom. The van der Waals surface area contributed by atoms with Crippen molar-refractivity contribution >= 4 is 23.4 Å². The number of rotatable bonds is 5. The van der Waals surface area contributed by atoms with Crippen LogP contribution in [0.5, 0.6) is 5.75 Å². The van der Waals surface area contributed by atoms with Crippen molar-refractivity contribution < 1.29 is 18.8 Å². The predicted molar refractivity (Wildman–Crippen MR) is 116 cm³/mol. The molecule has 3 heterocycles. The topological polar surface area (TPSA) is 75.9 Å². The van der Waals surface area contributed by atoms with Crippen LogP contribution in [0.25, 0.3) is 0 Å². The van der Waals surface area contributed by atoms with Gasteiger partial charge in [-0.15, -0.1) is 0 Å². The summed E-state index contributed by atoms with van der Waals surface area (Å²) in [5, 5.41) is 4.42. The molecular formula is C23H28ClN3O4. The van der Waals surface area contributed by atoms with Crippen molar-refractivity contribution in [3.05, 3.63) is 46.8 Å². The third kappa shape index (κ3) is 5.39. The zero-order valence-electron chi connectivity index (χ0n) is 17.8. The second-order valence-corrected chi connectivity index (χ2v) is 8.83. The fraction of sp³-hybridized carbons (Fsp3) is 0.522. The lowest BCUT2D eigenvalue weighted by atomic mass is 9.90. The van der Waals surface area contributed by atoms with E-state index in [1.807, 2.05) is 17.0 Å². The first-order valence-electron chi connectivity index (χ1n) is 10.9. The number of piperidine rings is 2. The van der Waals surface area contributed by atoms with Gasteiger partial charge >= 0.3 is 0 Å². The van der Waals surface area contributed by atoms with Crippen LogP contribution in [0.15, 0.2) is 34.9 Å². The van der Waals surface area contributed by atoms with E-state index in [0.29, 0.717) is 42.4 Å². The molecule has 0 radical (unpaired) electrons. The number of likely N-dealkylation sites (tertiary alicyclic amines) is 2. The molecular weight excluding hydrogens is 418 g/mol. The molecule has 2 aliphatic rings. The van der Waals surface area contributed by atoms with Crippen LogP contribution in [0.3, 0.4) is 0 Å². The van der Waals surface area contributed by atoms with Crippen LogP contribution in [-0.4, -0.2) is 59.1 Å². The van der Waals surface area contributed by atoms with Crippen molar-refractivity contribution in [2.24, 2.45) is 5.92 Å². The summed E-state index contributed by atoms with van der Waals surface area (Å²) >= 11 is 6.11. The highest BCUT2D eigenvalue weighted by atomic mass is 35.5. The Kier molecular flexibility index (Phi) is 6.80. The molecule has 2 fully saturated rings. The number of carbonyl (C=O) groups is 2. The first-order chi connectivity index (χ1) is 15.0. The highest BCUT2D eigenvalue weighted by Crippen LogP contribution is 2.29. The maximum atomic E-state index is 13.0. The molecule has 2 atom stereocenters. The molecule has 0 aliphatic carbocycles. The van der Waals surface area contributed by atoms with Gasteiger partial charge < -0.3 is 19.1 Å². The monoisotopic (exact) mass is 445 g/mol.